The molecule has 5 heteroatoms. The van der Waals surface area contributed by atoms with Crippen LogP contribution in [0.15, 0.2) is 34.9 Å². The van der Waals surface area contributed by atoms with Crippen LogP contribution in [0.1, 0.15) is 61.8 Å². The Morgan fingerprint density at radius 2 is 2.08 bits per heavy atom. The maximum atomic E-state index is 12.8. The summed E-state index contributed by atoms with van der Waals surface area (Å²) in [5.41, 5.74) is 1.28. The highest BCUT2D eigenvalue weighted by molar-refractivity contribution is 5.76. The fourth-order valence-corrected chi connectivity index (χ4v) is 3.34. The summed E-state index contributed by atoms with van der Waals surface area (Å²) in [4.78, 5) is 19.1. The van der Waals surface area contributed by atoms with Crippen molar-refractivity contribution < 1.29 is 9.32 Å². The van der Waals surface area contributed by atoms with Gasteiger partial charge in [0.15, 0.2) is 5.82 Å². The Morgan fingerprint density at radius 3 is 2.83 bits per heavy atom. The number of hydrogen-bond acceptors (Lipinski definition) is 4. The van der Waals surface area contributed by atoms with Crippen LogP contribution >= 0.6 is 0 Å². The van der Waals surface area contributed by atoms with Crippen molar-refractivity contribution in [3.05, 3.63) is 47.6 Å². The lowest BCUT2D eigenvalue weighted by Crippen LogP contribution is -2.35. The molecule has 1 atom stereocenters. The van der Waals surface area contributed by atoms with Gasteiger partial charge in [-0.3, -0.25) is 4.79 Å². The fourth-order valence-electron chi connectivity index (χ4n) is 3.34. The van der Waals surface area contributed by atoms with Crippen LogP contribution in [-0.2, 0) is 11.2 Å². The third-order valence-corrected chi connectivity index (χ3v) is 4.60. The van der Waals surface area contributed by atoms with Crippen LogP contribution < -0.4 is 0 Å². The molecular formula is C19H25N3O2. The van der Waals surface area contributed by atoms with Crippen molar-refractivity contribution in [2.75, 3.05) is 6.54 Å². The van der Waals surface area contributed by atoms with E-state index in [1.807, 2.05) is 30.0 Å². The van der Waals surface area contributed by atoms with Gasteiger partial charge in [-0.2, -0.15) is 4.98 Å². The molecule has 2 aromatic rings. The Bertz CT molecular complexity index is 654. The quantitative estimate of drug-likeness (QED) is 0.837. The molecule has 2 heterocycles. The van der Waals surface area contributed by atoms with Crippen molar-refractivity contribution in [2.45, 2.75) is 57.9 Å². The topological polar surface area (TPSA) is 59.2 Å². The molecule has 1 fully saturated rings. The first-order valence-electron chi connectivity index (χ1n) is 8.87. The summed E-state index contributed by atoms with van der Waals surface area (Å²) in [5, 5.41) is 3.89. The molecule has 0 aliphatic carbocycles. The smallest absolute Gasteiger partial charge is 0.249 e. The second-order valence-corrected chi connectivity index (χ2v) is 6.47. The SMILES string of the molecule is Cc1noc(C2CCCCCN2C(=O)CCCc2ccccc2)n1. The van der Waals surface area contributed by atoms with Crippen LogP contribution in [0.3, 0.4) is 0 Å². The summed E-state index contributed by atoms with van der Waals surface area (Å²) in [6, 6.07) is 10.3. The predicted molar refractivity (Wildman–Crippen MR) is 91.3 cm³/mol. The minimum absolute atomic E-state index is 0.0575. The van der Waals surface area contributed by atoms with Crippen molar-refractivity contribution in [1.82, 2.24) is 15.0 Å². The van der Waals surface area contributed by atoms with E-state index in [2.05, 4.69) is 22.3 Å². The number of likely N-dealkylation sites (tertiary alicyclic amines) is 1. The molecule has 1 amide bonds. The second-order valence-electron chi connectivity index (χ2n) is 6.47. The van der Waals surface area contributed by atoms with E-state index in [-0.39, 0.29) is 11.9 Å². The minimum Gasteiger partial charge on any atom is -0.337 e. The average molecular weight is 327 g/mol. The first-order valence-corrected chi connectivity index (χ1v) is 8.87. The average Bonchev–Trinajstić information content (AvgIpc) is 2.88. The first kappa shape index (κ1) is 16.7. The van der Waals surface area contributed by atoms with Gasteiger partial charge in [-0.1, -0.05) is 48.3 Å². The Hall–Kier alpha value is -2.17. The third-order valence-electron chi connectivity index (χ3n) is 4.60. The Labute approximate surface area is 143 Å². The zero-order valence-corrected chi connectivity index (χ0v) is 14.3. The van der Waals surface area contributed by atoms with E-state index in [0.29, 0.717) is 18.1 Å². The van der Waals surface area contributed by atoms with Gasteiger partial charge in [0.05, 0.1) is 0 Å². The summed E-state index contributed by atoms with van der Waals surface area (Å²) in [6.07, 6.45) is 6.58. The highest BCUT2D eigenvalue weighted by atomic mass is 16.5. The number of carbonyl (C=O) groups excluding carboxylic acids is 1. The molecule has 1 unspecified atom stereocenters. The molecule has 24 heavy (non-hydrogen) atoms. The number of hydrogen-bond donors (Lipinski definition) is 0. The molecule has 0 bridgehead atoms. The highest BCUT2D eigenvalue weighted by Crippen LogP contribution is 2.30. The molecule has 128 valence electrons. The van der Waals surface area contributed by atoms with Crippen molar-refractivity contribution in [3.8, 4) is 0 Å². The van der Waals surface area contributed by atoms with Crippen LogP contribution in [0.4, 0.5) is 0 Å². The van der Waals surface area contributed by atoms with Gasteiger partial charge >= 0.3 is 0 Å². The van der Waals surface area contributed by atoms with Gasteiger partial charge in [0.1, 0.15) is 6.04 Å². The van der Waals surface area contributed by atoms with Crippen molar-refractivity contribution in [2.24, 2.45) is 0 Å². The lowest BCUT2D eigenvalue weighted by Gasteiger charge is -2.27. The molecule has 5 nitrogen and oxygen atoms in total. The number of aryl methyl sites for hydroxylation is 2. The summed E-state index contributed by atoms with van der Waals surface area (Å²) in [6.45, 7) is 2.60. The molecule has 1 aliphatic rings. The summed E-state index contributed by atoms with van der Waals surface area (Å²) < 4.78 is 5.36. The predicted octanol–water partition coefficient (Wildman–Crippen LogP) is 3.84. The van der Waals surface area contributed by atoms with Gasteiger partial charge in [0.2, 0.25) is 11.8 Å². The molecule has 1 saturated heterocycles. The summed E-state index contributed by atoms with van der Waals surface area (Å²) >= 11 is 0. The molecule has 3 rings (SSSR count). The molecule has 1 aromatic carbocycles. The molecule has 0 radical (unpaired) electrons. The van der Waals surface area contributed by atoms with E-state index in [1.165, 1.54) is 5.56 Å². The monoisotopic (exact) mass is 327 g/mol. The minimum atomic E-state index is -0.0575. The van der Waals surface area contributed by atoms with E-state index >= 15 is 0 Å². The lowest BCUT2D eigenvalue weighted by molar-refractivity contribution is -0.134. The van der Waals surface area contributed by atoms with E-state index in [0.717, 1.165) is 45.1 Å². The summed E-state index contributed by atoms with van der Waals surface area (Å²) in [7, 11) is 0. The number of rotatable bonds is 5. The Balaban J connectivity index is 1.61. The van der Waals surface area contributed by atoms with Gasteiger partial charge < -0.3 is 9.42 Å². The number of carbonyl (C=O) groups is 1. The van der Waals surface area contributed by atoms with Gasteiger partial charge in [-0.25, -0.2) is 0 Å². The molecule has 1 aliphatic heterocycles. The van der Waals surface area contributed by atoms with E-state index in [1.54, 1.807) is 0 Å². The van der Waals surface area contributed by atoms with E-state index in [9.17, 15) is 4.79 Å². The van der Waals surface area contributed by atoms with Crippen molar-refractivity contribution in [3.63, 3.8) is 0 Å². The summed E-state index contributed by atoms with van der Waals surface area (Å²) in [5.74, 6) is 1.42. The zero-order chi connectivity index (χ0) is 16.8. The van der Waals surface area contributed by atoms with Crippen LogP contribution in [0.5, 0.6) is 0 Å². The first-order chi connectivity index (χ1) is 11.7. The van der Waals surface area contributed by atoms with Crippen molar-refractivity contribution >= 4 is 5.91 Å². The van der Waals surface area contributed by atoms with Gasteiger partial charge in [0.25, 0.3) is 0 Å². The lowest BCUT2D eigenvalue weighted by atomic mass is 10.1. The molecule has 0 N–H and O–H groups in total. The van der Waals surface area contributed by atoms with Crippen LogP contribution in [-0.4, -0.2) is 27.5 Å². The number of benzene rings is 1. The molecular weight excluding hydrogens is 302 g/mol. The Kier molecular flexibility index (Phi) is 5.62. The van der Waals surface area contributed by atoms with E-state index in [4.69, 9.17) is 4.52 Å². The second kappa shape index (κ2) is 8.08. The normalized spacial score (nSPS) is 18.4. The standard InChI is InChI=1S/C19H25N3O2/c1-15-20-19(24-21-15)17-12-6-3-7-14-22(17)18(23)13-8-11-16-9-4-2-5-10-16/h2,4-5,9-10,17H,3,6-8,11-14H2,1H3. The van der Waals surface area contributed by atoms with Gasteiger partial charge in [0, 0.05) is 13.0 Å². The van der Waals surface area contributed by atoms with Crippen LogP contribution in [0, 0.1) is 6.92 Å². The Morgan fingerprint density at radius 1 is 1.25 bits per heavy atom. The van der Waals surface area contributed by atoms with Crippen LogP contribution in [0.2, 0.25) is 0 Å². The molecule has 0 spiro atoms. The molecule has 0 saturated carbocycles. The maximum Gasteiger partial charge on any atom is 0.249 e. The van der Waals surface area contributed by atoms with Gasteiger partial charge in [-0.15, -0.1) is 0 Å². The van der Waals surface area contributed by atoms with Gasteiger partial charge in [-0.05, 0) is 38.2 Å². The number of nitrogens with zero attached hydrogens (tertiary/aromatic N) is 3. The maximum absolute atomic E-state index is 12.8. The largest absolute Gasteiger partial charge is 0.337 e. The van der Waals surface area contributed by atoms with Crippen molar-refractivity contribution in [1.29, 1.82) is 0 Å². The molecule has 1 aromatic heterocycles. The fraction of sp³-hybridized carbons (Fsp3) is 0.526. The number of aromatic nitrogens is 2. The zero-order valence-electron chi connectivity index (χ0n) is 14.3. The highest BCUT2D eigenvalue weighted by Gasteiger charge is 2.30. The van der Waals surface area contributed by atoms with Crippen LogP contribution in [0.25, 0.3) is 0 Å². The van der Waals surface area contributed by atoms with E-state index < -0.39 is 0 Å². The number of amides is 1. The third kappa shape index (κ3) is 4.22.